The summed E-state index contributed by atoms with van der Waals surface area (Å²) in [5.74, 6) is 0.667. The summed E-state index contributed by atoms with van der Waals surface area (Å²) in [6.07, 6.45) is 3.32. The molecule has 1 amide bonds. The number of nitrogens with two attached hydrogens (primary N) is 1. The minimum atomic E-state index is 0. The van der Waals surface area contributed by atoms with Crippen molar-refractivity contribution in [2.24, 2.45) is 11.7 Å². The molecule has 1 saturated carbocycles. The van der Waals surface area contributed by atoms with Gasteiger partial charge in [-0.15, -0.1) is 12.4 Å². The van der Waals surface area contributed by atoms with Crippen molar-refractivity contribution in [3.63, 3.8) is 0 Å². The van der Waals surface area contributed by atoms with Crippen LogP contribution in [0.25, 0.3) is 0 Å². The Morgan fingerprint density at radius 3 is 2.26 bits per heavy atom. The number of amides is 1. The van der Waals surface area contributed by atoms with E-state index < -0.39 is 0 Å². The number of carbonyl (C=O) groups is 1. The molecule has 1 aliphatic carbocycles. The molecule has 0 aromatic heterocycles. The van der Waals surface area contributed by atoms with Gasteiger partial charge < -0.3 is 11.1 Å². The SMILES string of the molecule is Cl.NCCN(CCc1ccccc1)CC(=O)NC(c1ccccc1)C1CC1. The first-order valence-electron chi connectivity index (χ1n) is 9.57. The molecule has 0 radical (unpaired) electrons. The molecule has 1 atom stereocenters. The number of halogens is 1. The van der Waals surface area contributed by atoms with Crippen LogP contribution < -0.4 is 11.1 Å². The number of hydrogen-bond acceptors (Lipinski definition) is 3. The third-order valence-corrected chi connectivity index (χ3v) is 4.94. The Bertz CT molecular complexity index is 676. The number of carbonyl (C=O) groups excluding carboxylic acids is 1. The topological polar surface area (TPSA) is 58.4 Å². The van der Waals surface area contributed by atoms with Gasteiger partial charge >= 0.3 is 0 Å². The summed E-state index contributed by atoms with van der Waals surface area (Å²) in [6.45, 7) is 2.54. The Morgan fingerprint density at radius 1 is 1.04 bits per heavy atom. The van der Waals surface area contributed by atoms with Crippen molar-refractivity contribution in [1.82, 2.24) is 10.2 Å². The number of nitrogens with one attached hydrogen (secondary N) is 1. The molecule has 27 heavy (non-hydrogen) atoms. The van der Waals surface area contributed by atoms with Crippen LogP contribution in [0.5, 0.6) is 0 Å². The van der Waals surface area contributed by atoms with Crippen molar-refractivity contribution >= 4 is 18.3 Å². The van der Waals surface area contributed by atoms with Gasteiger partial charge in [-0.2, -0.15) is 0 Å². The second-order valence-electron chi connectivity index (χ2n) is 7.09. The molecule has 0 saturated heterocycles. The van der Waals surface area contributed by atoms with E-state index in [1.165, 1.54) is 24.0 Å². The average molecular weight is 388 g/mol. The first kappa shape index (κ1) is 21.4. The Labute approximate surface area is 168 Å². The lowest BCUT2D eigenvalue weighted by Gasteiger charge is -2.24. The second-order valence-corrected chi connectivity index (χ2v) is 7.09. The minimum absolute atomic E-state index is 0. The Hall–Kier alpha value is -1.88. The summed E-state index contributed by atoms with van der Waals surface area (Å²) in [5.41, 5.74) is 8.24. The zero-order valence-corrected chi connectivity index (χ0v) is 16.5. The monoisotopic (exact) mass is 387 g/mol. The fraction of sp³-hybridized carbons (Fsp3) is 0.409. The van der Waals surface area contributed by atoms with Crippen LogP contribution >= 0.6 is 12.4 Å². The van der Waals surface area contributed by atoms with E-state index in [0.717, 1.165) is 19.5 Å². The number of rotatable bonds is 10. The smallest absolute Gasteiger partial charge is 0.234 e. The summed E-state index contributed by atoms with van der Waals surface area (Å²) < 4.78 is 0. The fourth-order valence-electron chi connectivity index (χ4n) is 3.37. The Balaban J connectivity index is 0.00000261. The van der Waals surface area contributed by atoms with Crippen molar-refractivity contribution in [2.45, 2.75) is 25.3 Å². The first-order chi connectivity index (χ1) is 12.8. The fourth-order valence-corrected chi connectivity index (χ4v) is 3.37. The molecule has 2 aromatic carbocycles. The van der Waals surface area contributed by atoms with Gasteiger partial charge in [0.1, 0.15) is 0 Å². The Morgan fingerprint density at radius 2 is 1.67 bits per heavy atom. The molecule has 146 valence electrons. The Kier molecular flexibility index (Phi) is 8.79. The zero-order chi connectivity index (χ0) is 18.2. The second kappa shape index (κ2) is 11.1. The van der Waals surface area contributed by atoms with Gasteiger partial charge in [0.25, 0.3) is 0 Å². The molecule has 3 N–H and O–H groups in total. The van der Waals surface area contributed by atoms with Crippen LogP contribution in [0, 0.1) is 5.92 Å². The van der Waals surface area contributed by atoms with E-state index in [9.17, 15) is 4.79 Å². The molecular weight excluding hydrogens is 358 g/mol. The standard InChI is InChI=1S/C22H29N3O.ClH/c23-14-16-25(15-13-18-7-3-1-4-8-18)17-21(26)24-22(20-11-12-20)19-9-5-2-6-10-19;/h1-10,20,22H,11-17,23H2,(H,24,26);1H. The van der Waals surface area contributed by atoms with Gasteiger partial charge in [0, 0.05) is 19.6 Å². The highest BCUT2D eigenvalue weighted by Crippen LogP contribution is 2.40. The quantitative estimate of drug-likeness (QED) is 0.658. The number of benzene rings is 2. The van der Waals surface area contributed by atoms with Crippen LogP contribution in [0.15, 0.2) is 60.7 Å². The highest BCUT2D eigenvalue weighted by molar-refractivity contribution is 5.85. The predicted octanol–water partition coefficient (Wildman–Crippen LogP) is 3.18. The van der Waals surface area contributed by atoms with Crippen LogP contribution in [0.2, 0.25) is 0 Å². The van der Waals surface area contributed by atoms with Crippen molar-refractivity contribution in [1.29, 1.82) is 0 Å². The van der Waals surface area contributed by atoms with Crippen LogP contribution in [-0.4, -0.2) is 37.0 Å². The lowest BCUT2D eigenvalue weighted by atomic mass is 10.0. The normalized spacial score (nSPS) is 14.4. The summed E-state index contributed by atoms with van der Waals surface area (Å²) >= 11 is 0. The number of hydrogen-bond donors (Lipinski definition) is 2. The van der Waals surface area contributed by atoms with Gasteiger partial charge in [-0.3, -0.25) is 9.69 Å². The largest absolute Gasteiger partial charge is 0.348 e. The van der Waals surface area contributed by atoms with Gasteiger partial charge in [0.2, 0.25) is 5.91 Å². The molecule has 5 heteroatoms. The van der Waals surface area contributed by atoms with Gasteiger partial charge in [-0.25, -0.2) is 0 Å². The molecule has 3 rings (SSSR count). The first-order valence-corrected chi connectivity index (χ1v) is 9.57. The number of nitrogens with zero attached hydrogens (tertiary/aromatic N) is 1. The molecule has 0 heterocycles. The van der Waals surface area contributed by atoms with E-state index in [4.69, 9.17) is 5.73 Å². The van der Waals surface area contributed by atoms with Gasteiger partial charge in [-0.05, 0) is 36.3 Å². The van der Waals surface area contributed by atoms with E-state index in [0.29, 0.717) is 19.0 Å². The van der Waals surface area contributed by atoms with Crippen molar-refractivity contribution in [2.75, 3.05) is 26.2 Å². The molecule has 1 fully saturated rings. The zero-order valence-electron chi connectivity index (χ0n) is 15.7. The van der Waals surface area contributed by atoms with Gasteiger partial charge in [-0.1, -0.05) is 60.7 Å². The maximum Gasteiger partial charge on any atom is 0.234 e. The highest BCUT2D eigenvalue weighted by atomic mass is 35.5. The summed E-state index contributed by atoms with van der Waals surface area (Å²) in [7, 11) is 0. The van der Waals surface area contributed by atoms with Crippen molar-refractivity contribution in [3.05, 3.63) is 71.8 Å². The van der Waals surface area contributed by atoms with Gasteiger partial charge in [0.05, 0.1) is 12.6 Å². The van der Waals surface area contributed by atoms with Gasteiger partial charge in [0.15, 0.2) is 0 Å². The molecule has 4 nitrogen and oxygen atoms in total. The van der Waals surface area contributed by atoms with Crippen LogP contribution in [-0.2, 0) is 11.2 Å². The maximum absolute atomic E-state index is 12.7. The lowest BCUT2D eigenvalue weighted by molar-refractivity contribution is -0.123. The van der Waals surface area contributed by atoms with E-state index in [-0.39, 0.29) is 24.4 Å². The van der Waals surface area contributed by atoms with Crippen molar-refractivity contribution in [3.8, 4) is 0 Å². The van der Waals surface area contributed by atoms with E-state index >= 15 is 0 Å². The van der Waals surface area contributed by atoms with Crippen LogP contribution in [0.1, 0.15) is 30.0 Å². The highest BCUT2D eigenvalue weighted by Gasteiger charge is 2.33. The molecule has 0 spiro atoms. The summed E-state index contributed by atoms with van der Waals surface area (Å²) in [4.78, 5) is 14.8. The lowest BCUT2D eigenvalue weighted by Crippen LogP contribution is -2.42. The van der Waals surface area contributed by atoms with E-state index in [1.54, 1.807) is 0 Å². The summed E-state index contributed by atoms with van der Waals surface area (Å²) in [5, 5.41) is 3.26. The maximum atomic E-state index is 12.7. The average Bonchev–Trinajstić information content (AvgIpc) is 3.51. The molecule has 1 aliphatic rings. The summed E-state index contributed by atoms with van der Waals surface area (Å²) in [6, 6.07) is 20.8. The van der Waals surface area contributed by atoms with Crippen LogP contribution in [0.4, 0.5) is 0 Å². The van der Waals surface area contributed by atoms with Crippen molar-refractivity contribution < 1.29 is 4.79 Å². The predicted molar refractivity (Wildman–Crippen MR) is 113 cm³/mol. The molecule has 1 unspecified atom stereocenters. The molecule has 0 bridgehead atoms. The molecule has 2 aromatic rings. The van der Waals surface area contributed by atoms with E-state index in [2.05, 4.69) is 46.6 Å². The third-order valence-electron chi connectivity index (χ3n) is 4.94. The van der Waals surface area contributed by atoms with E-state index in [1.807, 2.05) is 24.3 Å². The minimum Gasteiger partial charge on any atom is -0.348 e. The van der Waals surface area contributed by atoms with Crippen LogP contribution in [0.3, 0.4) is 0 Å². The molecular formula is C22H30ClN3O. The third kappa shape index (κ3) is 6.98. The molecule has 0 aliphatic heterocycles.